The molecule has 3 rings (SSSR count). The average molecular weight is 357 g/mol. The van der Waals surface area contributed by atoms with E-state index in [1.807, 2.05) is 24.3 Å². The van der Waals surface area contributed by atoms with Gasteiger partial charge in [0.05, 0.1) is 5.57 Å². The SMILES string of the molecule is O=C(O)CCCc1ccc(NC=C2C(=O)Nc3ccc(Cl)cc32)cc1. The first-order chi connectivity index (χ1) is 12.0. The van der Waals surface area contributed by atoms with Gasteiger partial charge >= 0.3 is 5.97 Å². The predicted molar refractivity (Wildman–Crippen MR) is 98.7 cm³/mol. The largest absolute Gasteiger partial charge is 0.481 e. The maximum atomic E-state index is 12.1. The Bertz CT molecular complexity index is 844. The second-order valence-corrected chi connectivity index (χ2v) is 6.23. The molecule has 0 unspecified atom stereocenters. The van der Waals surface area contributed by atoms with Crippen molar-refractivity contribution >= 4 is 40.4 Å². The lowest BCUT2D eigenvalue weighted by Gasteiger charge is -2.05. The molecule has 1 aliphatic rings. The number of hydrogen-bond donors (Lipinski definition) is 3. The van der Waals surface area contributed by atoms with Crippen molar-refractivity contribution in [3.8, 4) is 0 Å². The fourth-order valence-electron chi connectivity index (χ4n) is 2.67. The molecule has 0 radical (unpaired) electrons. The Morgan fingerprint density at radius 3 is 2.68 bits per heavy atom. The molecule has 2 aromatic carbocycles. The molecule has 0 atom stereocenters. The summed E-state index contributed by atoms with van der Waals surface area (Å²) in [6, 6.07) is 13.0. The molecule has 0 aliphatic carbocycles. The molecular formula is C19H17ClN2O3. The molecule has 0 bridgehead atoms. The Morgan fingerprint density at radius 1 is 1.20 bits per heavy atom. The second kappa shape index (κ2) is 7.40. The summed E-state index contributed by atoms with van der Waals surface area (Å²) in [5, 5.41) is 15.2. The number of carboxylic acids is 1. The Kier molecular flexibility index (Phi) is 5.05. The van der Waals surface area contributed by atoms with Crippen molar-refractivity contribution in [3.63, 3.8) is 0 Å². The smallest absolute Gasteiger partial charge is 0.303 e. The molecule has 25 heavy (non-hydrogen) atoms. The van der Waals surface area contributed by atoms with Crippen molar-refractivity contribution in [2.45, 2.75) is 19.3 Å². The van der Waals surface area contributed by atoms with Crippen molar-refractivity contribution in [1.82, 2.24) is 0 Å². The molecule has 0 saturated carbocycles. The average Bonchev–Trinajstić information content (AvgIpc) is 2.88. The molecule has 5 nitrogen and oxygen atoms in total. The fraction of sp³-hybridized carbons (Fsp3) is 0.158. The zero-order chi connectivity index (χ0) is 17.8. The van der Waals surface area contributed by atoms with Crippen LogP contribution in [-0.4, -0.2) is 17.0 Å². The Labute approximate surface area is 150 Å². The lowest BCUT2D eigenvalue weighted by molar-refractivity contribution is -0.137. The van der Waals surface area contributed by atoms with E-state index in [0.717, 1.165) is 28.9 Å². The Hall–Kier alpha value is -2.79. The van der Waals surface area contributed by atoms with Gasteiger partial charge in [0, 0.05) is 34.6 Å². The molecule has 1 amide bonds. The Morgan fingerprint density at radius 2 is 1.96 bits per heavy atom. The summed E-state index contributed by atoms with van der Waals surface area (Å²) in [6.45, 7) is 0. The first kappa shape index (κ1) is 17.0. The number of benzene rings is 2. The molecular weight excluding hydrogens is 340 g/mol. The van der Waals surface area contributed by atoms with Gasteiger partial charge in [0.15, 0.2) is 0 Å². The van der Waals surface area contributed by atoms with Crippen LogP contribution in [-0.2, 0) is 16.0 Å². The van der Waals surface area contributed by atoms with E-state index in [9.17, 15) is 9.59 Å². The zero-order valence-corrected chi connectivity index (χ0v) is 14.1. The molecule has 1 aliphatic heterocycles. The van der Waals surface area contributed by atoms with E-state index in [4.69, 9.17) is 16.7 Å². The van der Waals surface area contributed by atoms with E-state index < -0.39 is 5.97 Å². The molecule has 2 aromatic rings. The van der Waals surface area contributed by atoms with E-state index in [1.165, 1.54) is 0 Å². The lowest BCUT2D eigenvalue weighted by atomic mass is 10.1. The summed E-state index contributed by atoms with van der Waals surface area (Å²) in [5.74, 6) is -0.949. The summed E-state index contributed by atoms with van der Waals surface area (Å²) in [5.41, 5.74) is 3.97. The van der Waals surface area contributed by atoms with Crippen LogP contribution in [0.3, 0.4) is 0 Å². The monoisotopic (exact) mass is 356 g/mol. The van der Waals surface area contributed by atoms with Crippen molar-refractivity contribution in [1.29, 1.82) is 0 Å². The first-order valence-electron chi connectivity index (χ1n) is 7.91. The van der Waals surface area contributed by atoms with Gasteiger partial charge in [-0.1, -0.05) is 23.7 Å². The van der Waals surface area contributed by atoms with Crippen LogP contribution >= 0.6 is 11.6 Å². The third-order valence-corrected chi connectivity index (χ3v) is 4.19. The molecule has 3 N–H and O–H groups in total. The standard InChI is InChI=1S/C19H17ClN2O3/c20-13-6-9-17-15(10-13)16(19(25)22-17)11-21-14-7-4-12(5-8-14)2-1-3-18(23)24/h4-11,21H,1-3H2,(H,22,25)(H,23,24). The van der Waals surface area contributed by atoms with Crippen LogP contribution in [0.2, 0.25) is 5.02 Å². The minimum atomic E-state index is -0.778. The zero-order valence-electron chi connectivity index (χ0n) is 13.4. The van der Waals surface area contributed by atoms with Gasteiger partial charge in [0.2, 0.25) is 0 Å². The molecule has 128 valence electrons. The van der Waals surface area contributed by atoms with E-state index in [-0.39, 0.29) is 12.3 Å². The number of carbonyl (C=O) groups excluding carboxylic acids is 1. The topological polar surface area (TPSA) is 78.4 Å². The third kappa shape index (κ3) is 4.19. The van der Waals surface area contributed by atoms with Gasteiger partial charge in [-0.25, -0.2) is 0 Å². The number of carbonyl (C=O) groups is 2. The maximum absolute atomic E-state index is 12.1. The normalized spacial score (nSPS) is 14.3. The highest BCUT2D eigenvalue weighted by molar-refractivity contribution is 6.34. The number of halogens is 1. The number of hydrogen-bond acceptors (Lipinski definition) is 3. The predicted octanol–water partition coefficient (Wildman–Crippen LogP) is 4.15. The number of amides is 1. The number of fused-ring (bicyclic) bond motifs is 1. The maximum Gasteiger partial charge on any atom is 0.303 e. The highest BCUT2D eigenvalue weighted by Crippen LogP contribution is 2.33. The van der Waals surface area contributed by atoms with E-state index in [2.05, 4.69) is 10.6 Å². The first-order valence-corrected chi connectivity index (χ1v) is 8.29. The van der Waals surface area contributed by atoms with Crippen LogP contribution in [0.4, 0.5) is 11.4 Å². The molecule has 0 aromatic heterocycles. The third-order valence-electron chi connectivity index (χ3n) is 3.96. The van der Waals surface area contributed by atoms with Crippen LogP contribution in [0.1, 0.15) is 24.0 Å². The summed E-state index contributed by atoms with van der Waals surface area (Å²) in [7, 11) is 0. The number of anilines is 2. The molecule has 0 saturated heterocycles. The number of nitrogens with one attached hydrogen (secondary N) is 2. The molecule has 6 heteroatoms. The summed E-state index contributed by atoms with van der Waals surface area (Å²) in [4.78, 5) is 22.6. The van der Waals surface area contributed by atoms with Gasteiger partial charge in [-0.2, -0.15) is 0 Å². The fourth-order valence-corrected chi connectivity index (χ4v) is 2.84. The van der Waals surface area contributed by atoms with Crippen LogP contribution in [0.5, 0.6) is 0 Å². The second-order valence-electron chi connectivity index (χ2n) is 5.79. The van der Waals surface area contributed by atoms with E-state index in [0.29, 0.717) is 17.0 Å². The van der Waals surface area contributed by atoms with Crippen LogP contribution in [0, 0.1) is 0 Å². The number of carboxylic acid groups (broad SMARTS) is 1. The summed E-state index contributed by atoms with van der Waals surface area (Å²) < 4.78 is 0. The summed E-state index contributed by atoms with van der Waals surface area (Å²) in [6.07, 6.45) is 3.17. The number of aliphatic carboxylic acids is 1. The van der Waals surface area contributed by atoms with E-state index >= 15 is 0 Å². The number of aryl methyl sites for hydroxylation is 1. The number of rotatable bonds is 6. The van der Waals surface area contributed by atoms with Crippen molar-refractivity contribution < 1.29 is 14.7 Å². The van der Waals surface area contributed by atoms with Crippen LogP contribution in [0.25, 0.3) is 5.57 Å². The van der Waals surface area contributed by atoms with Gasteiger partial charge in [0.25, 0.3) is 5.91 Å². The highest BCUT2D eigenvalue weighted by Gasteiger charge is 2.24. The quantitative estimate of drug-likeness (QED) is 0.679. The van der Waals surface area contributed by atoms with Crippen molar-refractivity contribution in [3.05, 3.63) is 64.8 Å². The van der Waals surface area contributed by atoms with E-state index in [1.54, 1.807) is 24.4 Å². The minimum Gasteiger partial charge on any atom is -0.481 e. The van der Waals surface area contributed by atoms with Crippen LogP contribution in [0.15, 0.2) is 48.7 Å². The van der Waals surface area contributed by atoms with Gasteiger partial charge in [-0.15, -0.1) is 0 Å². The minimum absolute atomic E-state index is 0.170. The molecule has 0 spiro atoms. The van der Waals surface area contributed by atoms with Crippen molar-refractivity contribution in [2.75, 3.05) is 10.6 Å². The van der Waals surface area contributed by atoms with Gasteiger partial charge in [0.1, 0.15) is 0 Å². The molecule has 1 heterocycles. The molecule has 0 fully saturated rings. The van der Waals surface area contributed by atoms with Gasteiger partial charge in [-0.05, 0) is 48.7 Å². The van der Waals surface area contributed by atoms with Gasteiger partial charge < -0.3 is 15.7 Å². The lowest BCUT2D eigenvalue weighted by Crippen LogP contribution is -2.05. The highest BCUT2D eigenvalue weighted by atomic mass is 35.5. The Balaban J connectivity index is 1.67. The summed E-state index contributed by atoms with van der Waals surface area (Å²) >= 11 is 6.01. The van der Waals surface area contributed by atoms with Crippen LogP contribution < -0.4 is 10.6 Å². The van der Waals surface area contributed by atoms with Crippen molar-refractivity contribution in [2.24, 2.45) is 0 Å². The van der Waals surface area contributed by atoms with Gasteiger partial charge in [-0.3, -0.25) is 9.59 Å².